The molecule has 3 rings (SSSR count). The van der Waals surface area contributed by atoms with Crippen LogP contribution < -0.4 is 10.6 Å². The minimum Gasteiger partial charge on any atom is -0.317 e. The van der Waals surface area contributed by atoms with Crippen LogP contribution in [0.15, 0.2) is 24.3 Å². The molecule has 0 radical (unpaired) electrons. The number of anilines is 1. The summed E-state index contributed by atoms with van der Waals surface area (Å²) in [7, 11) is 0. The molecule has 0 saturated carbocycles. The third kappa shape index (κ3) is 1.86. The van der Waals surface area contributed by atoms with Crippen LogP contribution in [0, 0.1) is 0 Å². The lowest BCUT2D eigenvalue weighted by Gasteiger charge is -2.42. The summed E-state index contributed by atoms with van der Waals surface area (Å²) in [5.74, 6) is 0. The van der Waals surface area contributed by atoms with Crippen molar-refractivity contribution in [3.8, 4) is 0 Å². The van der Waals surface area contributed by atoms with E-state index in [1.807, 2.05) is 23.1 Å². The van der Waals surface area contributed by atoms with Crippen molar-refractivity contribution in [1.29, 1.82) is 0 Å². The van der Waals surface area contributed by atoms with Crippen molar-refractivity contribution < 1.29 is 4.79 Å². The molecule has 1 atom stereocenters. The van der Waals surface area contributed by atoms with E-state index in [2.05, 4.69) is 23.6 Å². The first-order valence-electron chi connectivity index (χ1n) is 6.66. The van der Waals surface area contributed by atoms with Gasteiger partial charge in [-0.2, -0.15) is 0 Å². The zero-order valence-electron chi connectivity index (χ0n) is 10.6. The molecule has 2 heterocycles. The molecule has 1 aromatic carbocycles. The van der Waals surface area contributed by atoms with Gasteiger partial charge in [0.2, 0.25) is 0 Å². The van der Waals surface area contributed by atoms with Crippen LogP contribution in [0.25, 0.3) is 0 Å². The fourth-order valence-electron chi connectivity index (χ4n) is 3.05. The van der Waals surface area contributed by atoms with Crippen molar-refractivity contribution in [3.05, 3.63) is 29.8 Å². The normalized spacial score (nSPS) is 24.6. The molecular formula is C14H19N3O. The van der Waals surface area contributed by atoms with E-state index in [1.165, 1.54) is 5.56 Å². The molecule has 1 saturated heterocycles. The lowest BCUT2D eigenvalue weighted by Crippen LogP contribution is -2.50. The Morgan fingerprint density at radius 3 is 2.72 bits per heavy atom. The number of piperidine rings is 1. The highest BCUT2D eigenvalue weighted by Crippen LogP contribution is 2.35. The van der Waals surface area contributed by atoms with E-state index in [0.717, 1.165) is 31.6 Å². The van der Waals surface area contributed by atoms with E-state index < -0.39 is 0 Å². The summed E-state index contributed by atoms with van der Waals surface area (Å²) in [6, 6.07) is 8.65. The van der Waals surface area contributed by atoms with Crippen LogP contribution in [0.5, 0.6) is 0 Å². The Morgan fingerprint density at radius 1 is 1.22 bits per heavy atom. The van der Waals surface area contributed by atoms with Crippen molar-refractivity contribution in [2.45, 2.75) is 31.8 Å². The average Bonchev–Trinajstić information content (AvgIpc) is 2.40. The number of hydrogen-bond donors (Lipinski definition) is 2. The number of rotatable bonds is 1. The zero-order valence-corrected chi connectivity index (χ0v) is 10.6. The number of nitrogens with zero attached hydrogens (tertiary/aromatic N) is 1. The van der Waals surface area contributed by atoms with Crippen LogP contribution in [-0.4, -0.2) is 30.1 Å². The molecule has 18 heavy (non-hydrogen) atoms. The van der Waals surface area contributed by atoms with Gasteiger partial charge in [0.25, 0.3) is 0 Å². The molecule has 2 aliphatic heterocycles. The zero-order chi connectivity index (χ0) is 12.5. The predicted molar refractivity (Wildman–Crippen MR) is 71.6 cm³/mol. The van der Waals surface area contributed by atoms with E-state index in [-0.39, 0.29) is 12.1 Å². The minimum atomic E-state index is 0.0492. The van der Waals surface area contributed by atoms with Gasteiger partial charge in [0, 0.05) is 11.7 Å². The van der Waals surface area contributed by atoms with Crippen molar-refractivity contribution >= 4 is 11.7 Å². The first kappa shape index (κ1) is 11.5. The van der Waals surface area contributed by atoms with Crippen molar-refractivity contribution in [2.75, 3.05) is 18.4 Å². The summed E-state index contributed by atoms with van der Waals surface area (Å²) < 4.78 is 0. The highest BCUT2D eigenvalue weighted by Gasteiger charge is 2.34. The summed E-state index contributed by atoms with van der Waals surface area (Å²) in [6.45, 7) is 4.13. The fourth-order valence-corrected chi connectivity index (χ4v) is 3.05. The second kappa shape index (κ2) is 4.61. The molecular weight excluding hydrogens is 226 g/mol. The maximum atomic E-state index is 12.3. The Hall–Kier alpha value is -1.55. The van der Waals surface area contributed by atoms with E-state index in [0.29, 0.717) is 6.04 Å². The van der Waals surface area contributed by atoms with Gasteiger partial charge in [-0.3, -0.25) is 0 Å². The van der Waals surface area contributed by atoms with Gasteiger partial charge in [-0.1, -0.05) is 18.2 Å². The van der Waals surface area contributed by atoms with Crippen LogP contribution >= 0.6 is 0 Å². The molecule has 0 bridgehead atoms. The van der Waals surface area contributed by atoms with Gasteiger partial charge >= 0.3 is 6.03 Å². The molecule has 4 nitrogen and oxygen atoms in total. The number of urea groups is 1. The summed E-state index contributed by atoms with van der Waals surface area (Å²) in [4.78, 5) is 14.3. The number of hydrogen-bond acceptors (Lipinski definition) is 2. The quantitative estimate of drug-likeness (QED) is 0.797. The van der Waals surface area contributed by atoms with Crippen LogP contribution in [0.2, 0.25) is 0 Å². The Bertz CT molecular complexity index is 454. The summed E-state index contributed by atoms with van der Waals surface area (Å²) >= 11 is 0. The summed E-state index contributed by atoms with van der Waals surface area (Å²) in [5, 5.41) is 6.35. The van der Waals surface area contributed by atoms with Gasteiger partial charge in [-0.25, -0.2) is 4.79 Å². The van der Waals surface area contributed by atoms with Gasteiger partial charge in [-0.05, 0) is 44.5 Å². The number of carbonyl (C=O) groups is 1. The fraction of sp³-hybridized carbons (Fsp3) is 0.500. The molecule has 0 aromatic heterocycles. The molecule has 1 unspecified atom stereocenters. The highest BCUT2D eigenvalue weighted by atomic mass is 16.2. The van der Waals surface area contributed by atoms with Gasteiger partial charge in [0.15, 0.2) is 0 Å². The third-order valence-electron chi connectivity index (χ3n) is 4.01. The van der Waals surface area contributed by atoms with E-state index in [9.17, 15) is 4.79 Å². The van der Waals surface area contributed by atoms with Crippen LogP contribution in [0.4, 0.5) is 10.5 Å². The third-order valence-corrected chi connectivity index (χ3v) is 4.01. The Balaban J connectivity index is 1.90. The predicted octanol–water partition coefficient (Wildman–Crippen LogP) is 2.35. The maximum Gasteiger partial charge on any atom is 0.322 e. The molecule has 0 spiro atoms. The highest BCUT2D eigenvalue weighted by molar-refractivity contribution is 5.93. The molecule has 4 heteroatoms. The van der Waals surface area contributed by atoms with Crippen molar-refractivity contribution in [1.82, 2.24) is 10.2 Å². The monoisotopic (exact) mass is 245 g/mol. The average molecular weight is 245 g/mol. The Labute approximate surface area is 107 Å². The van der Waals surface area contributed by atoms with Gasteiger partial charge in [-0.15, -0.1) is 0 Å². The number of benzene rings is 1. The number of para-hydroxylation sites is 1. The summed E-state index contributed by atoms with van der Waals surface area (Å²) in [6.07, 6.45) is 2.08. The number of fused-ring (bicyclic) bond motifs is 1. The molecule has 2 amide bonds. The maximum absolute atomic E-state index is 12.3. The molecule has 96 valence electrons. The van der Waals surface area contributed by atoms with E-state index in [1.54, 1.807) is 0 Å². The number of nitrogens with one attached hydrogen (secondary N) is 2. The first-order valence-corrected chi connectivity index (χ1v) is 6.66. The second-order valence-electron chi connectivity index (χ2n) is 5.08. The van der Waals surface area contributed by atoms with Gasteiger partial charge in [0.05, 0.1) is 6.04 Å². The standard InChI is InChI=1S/C14H19N3O/c1-10-12-4-2-3-5-13(12)16-14(18)17(10)11-6-8-15-9-7-11/h2-5,10-11,15H,6-9H2,1H3,(H,16,18). The van der Waals surface area contributed by atoms with Crippen LogP contribution in [0.3, 0.4) is 0 Å². The topological polar surface area (TPSA) is 44.4 Å². The van der Waals surface area contributed by atoms with Crippen molar-refractivity contribution in [3.63, 3.8) is 0 Å². The van der Waals surface area contributed by atoms with E-state index >= 15 is 0 Å². The SMILES string of the molecule is CC1c2ccccc2NC(=O)N1C1CCNCC1. The molecule has 1 aromatic rings. The van der Waals surface area contributed by atoms with Gasteiger partial charge < -0.3 is 15.5 Å². The van der Waals surface area contributed by atoms with Gasteiger partial charge in [0.1, 0.15) is 0 Å². The molecule has 1 fully saturated rings. The Kier molecular flexibility index (Phi) is 2.96. The smallest absolute Gasteiger partial charge is 0.317 e. The minimum absolute atomic E-state index is 0.0492. The van der Waals surface area contributed by atoms with E-state index in [4.69, 9.17) is 0 Å². The lowest BCUT2D eigenvalue weighted by atomic mass is 9.97. The second-order valence-corrected chi connectivity index (χ2v) is 5.08. The molecule has 2 N–H and O–H groups in total. The number of amides is 2. The van der Waals surface area contributed by atoms with Crippen LogP contribution in [-0.2, 0) is 0 Å². The first-order chi connectivity index (χ1) is 8.77. The largest absolute Gasteiger partial charge is 0.322 e. The lowest BCUT2D eigenvalue weighted by molar-refractivity contribution is 0.140. The molecule has 0 aliphatic carbocycles. The number of carbonyl (C=O) groups excluding carboxylic acids is 1. The molecule has 2 aliphatic rings. The Morgan fingerprint density at radius 2 is 1.94 bits per heavy atom. The van der Waals surface area contributed by atoms with Crippen LogP contribution in [0.1, 0.15) is 31.4 Å². The summed E-state index contributed by atoms with van der Waals surface area (Å²) in [5.41, 5.74) is 2.18. The van der Waals surface area contributed by atoms with Crippen molar-refractivity contribution in [2.24, 2.45) is 0 Å².